The zero-order valence-corrected chi connectivity index (χ0v) is 30.9. The number of amides is 4. The Morgan fingerprint density at radius 1 is 0.489 bits per heavy atom. The van der Waals surface area contributed by atoms with Crippen LogP contribution >= 0.6 is 0 Å². The molecule has 2 N–H and O–H groups in total. The molecule has 0 aliphatic heterocycles. The first kappa shape index (κ1) is 43.5. The van der Waals surface area contributed by atoms with Crippen LogP contribution in [0.25, 0.3) is 0 Å². The van der Waals surface area contributed by atoms with Crippen LogP contribution in [0.3, 0.4) is 0 Å². The Morgan fingerprint density at radius 2 is 0.809 bits per heavy atom. The van der Waals surface area contributed by atoms with Crippen LogP contribution in [0.15, 0.2) is 0 Å². The Bertz CT molecular complexity index is 1010. The number of unbranched alkanes of at least 4 members (excludes halogenated alkanes) is 1. The lowest BCUT2D eigenvalue weighted by Gasteiger charge is -2.30. The van der Waals surface area contributed by atoms with Crippen molar-refractivity contribution in [1.82, 2.24) is 20.0 Å². The number of rotatable bonds is 16. The summed E-state index contributed by atoms with van der Waals surface area (Å²) in [5.41, 5.74) is -2.77. The van der Waals surface area contributed by atoms with E-state index in [1.54, 1.807) is 92.9 Å². The Morgan fingerprint density at radius 3 is 1.15 bits per heavy atom. The van der Waals surface area contributed by atoms with Gasteiger partial charge in [-0.15, -0.1) is 0 Å². The molecule has 0 saturated carbocycles. The number of carboxylic acid groups (broad SMARTS) is 1. The maximum absolute atomic E-state index is 13.1. The van der Waals surface area contributed by atoms with Gasteiger partial charge in [0.1, 0.15) is 22.4 Å². The number of ether oxygens (including phenoxy) is 4. The first-order chi connectivity index (χ1) is 21.3. The minimum Gasteiger partial charge on any atom is -0.481 e. The topological polar surface area (TPSA) is 164 Å². The number of nitrogens with zero attached hydrogens (tertiary/aromatic N) is 3. The van der Waals surface area contributed by atoms with E-state index in [-0.39, 0.29) is 26.1 Å². The fourth-order valence-electron chi connectivity index (χ4n) is 3.93. The van der Waals surface area contributed by atoms with Gasteiger partial charge in [0.15, 0.2) is 0 Å². The van der Waals surface area contributed by atoms with Gasteiger partial charge >= 0.3 is 30.3 Å². The Labute approximate surface area is 281 Å². The quantitative estimate of drug-likeness (QED) is 0.141. The molecule has 0 atom stereocenters. The molecule has 47 heavy (non-hydrogen) atoms. The van der Waals surface area contributed by atoms with E-state index in [1.165, 1.54) is 4.90 Å². The van der Waals surface area contributed by atoms with Gasteiger partial charge in [-0.1, -0.05) is 0 Å². The molecule has 0 aliphatic rings. The van der Waals surface area contributed by atoms with Gasteiger partial charge in [0.05, 0.1) is 6.42 Å². The first-order valence-corrected chi connectivity index (χ1v) is 16.4. The second-order valence-corrected chi connectivity index (χ2v) is 15.4. The Kier molecular flexibility index (Phi) is 18.0. The van der Waals surface area contributed by atoms with Crippen LogP contribution in [0, 0.1) is 0 Å². The summed E-state index contributed by atoms with van der Waals surface area (Å²) in [6.45, 7) is 23.0. The van der Waals surface area contributed by atoms with E-state index in [0.29, 0.717) is 51.9 Å². The highest BCUT2D eigenvalue weighted by molar-refractivity contribution is 5.71. The molecule has 0 rings (SSSR count). The van der Waals surface area contributed by atoms with Crippen LogP contribution in [0.1, 0.15) is 115 Å². The smallest absolute Gasteiger partial charge is 0.410 e. The molecule has 0 heterocycles. The molecule has 14 nitrogen and oxygen atoms in total. The zero-order valence-electron chi connectivity index (χ0n) is 30.9. The molecule has 0 fully saturated rings. The molecule has 0 spiro atoms. The molecule has 4 amide bonds. The van der Waals surface area contributed by atoms with Gasteiger partial charge in [0.25, 0.3) is 0 Å². The molecule has 0 saturated heterocycles. The molecule has 0 aliphatic carbocycles. The standard InChI is InChI=1S/C33H62N4O10/c1-30(2,3)44-26(40)34-18-15-21-35(27(41)45-31(4,5)6)19-13-14-20-36(28(42)46-32(7,8)9)22-16-23-37(24-17-25(38)39)29(43)47-33(10,11)12/h13-24H2,1-12H3,(H,34,40)(H,38,39). The second-order valence-electron chi connectivity index (χ2n) is 15.4. The molecule has 274 valence electrons. The molecule has 0 aromatic carbocycles. The third-order valence-corrected chi connectivity index (χ3v) is 5.79. The van der Waals surface area contributed by atoms with Gasteiger partial charge < -0.3 is 44.1 Å². The van der Waals surface area contributed by atoms with Crippen LogP contribution in [-0.4, -0.2) is 118 Å². The van der Waals surface area contributed by atoms with E-state index in [1.807, 2.05) is 0 Å². The Hall–Kier alpha value is -3.45. The van der Waals surface area contributed by atoms with Crippen molar-refractivity contribution in [1.29, 1.82) is 0 Å². The molecular weight excluding hydrogens is 612 g/mol. The van der Waals surface area contributed by atoms with Crippen molar-refractivity contribution in [3.8, 4) is 0 Å². The van der Waals surface area contributed by atoms with Gasteiger partial charge in [-0.3, -0.25) is 4.79 Å². The molecule has 14 heteroatoms. The van der Waals surface area contributed by atoms with E-state index < -0.39 is 52.7 Å². The molecule has 0 unspecified atom stereocenters. The van der Waals surface area contributed by atoms with Crippen LogP contribution in [0.5, 0.6) is 0 Å². The molecule has 0 aromatic rings. The number of hydrogen-bond donors (Lipinski definition) is 2. The van der Waals surface area contributed by atoms with Crippen molar-refractivity contribution in [2.75, 3.05) is 45.8 Å². The van der Waals surface area contributed by atoms with Crippen molar-refractivity contribution in [2.24, 2.45) is 0 Å². The summed E-state index contributed by atoms with van der Waals surface area (Å²) in [5.74, 6) is -1.03. The number of hydrogen-bond acceptors (Lipinski definition) is 9. The van der Waals surface area contributed by atoms with Crippen molar-refractivity contribution in [3.63, 3.8) is 0 Å². The Balaban J connectivity index is 5.38. The zero-order chi connectivity index (χ0) is 36.6. The number of carboxylic acids is 1. The lowest BCUT2D eigenvalue weighted by Crippen LogP contribution is -2.42. The van der Waals surface area contributed by atoms with Crippen molar-refractivity contribution >= 4 is 30.3 Å². The summed E-state index contributed by atoms with van der Waals surface area (Å²) >= 11 is 0. The maximum Gasteiger partial charge on any atom is 0.410 e. The summed E-state index contributed by atoms with van der Waals surface area (Å²) in [5, 5.41) is 11.8. The van der Waals surface area contributed by atoms with Crippen LogP contribution in [-0.2, 0) is 23.7 Å². The van der Waals surface area contributed by atoms with Gasteiger partial charge in [-0.05, 0) is 109 Å². The van der Waals surface area contributed by atoms with Gasteiger partial charge in [-0.2, -0.15) is 0 Å². The summed E-state index contributed by atoms with van der Waals surface area (Å²) in [7, 11) is 0. The SMILES string of the molecule is CC(C)(C)OC(=O)NCCCN(CCCCN(CCCN(CCC(=O)O)C(=O)OC(C)(C)C)C(=O)OC(C)(C)C)C(=O)OC(C)(C)C. The minimum absolute atomic E-state index is 0.0233. The van der Waals surface area contributed by atoms with Gasteiger partial charge in [0.2, 0.25) is 0 Å². The van der Waals surface area contributed by atoms with E-state index in [4.69, 9.17) is 24.1 Å². The van der Waals surface area contributed by atoms with E-state index in [0.717, 1.165) is 0 Å². The highest BCUT2D eigenvalue weighted by atomic mass is 16.6. The second kappa shape index (κ2) is 19.4. The summed E-state index contributed by atoms with van der Waals surface area (Å²) in [6.07, 6.45) is -0.410. The average molecular weight is 675 g/mol. The van der Waals surface area contributed by atoms with E-state index in [2.05, 4.69) is 5.32 Å². The minimum atomic E-state index is -1.03. The third-order valence-electron chi connectivity index (χ3n) is 5.79. The summed E-state index contributed by atoms with van der Waals surface area (Å²) in [4.78, 5) is 66.3. The number of carbonyl (C=O) groups is 5. The molecule has 0 bridgehead atoms. The predicted octanol–water partition coefficient (Wildman–Crippen LogP) is 6.26. The molecule has 0 aromatic heterocycles. The van der Waals surface area contributed by atoms with Gasteiger partial charge in [-0.25, -0.2) is 19.2 Å². The highest BCUT2D eigenvalue weighted by Crippen LogP contribution is 2.15. The van der Waals surface area contributed by atoms with Crippen LogP contribution < -0.4 is 5.32 Å². The summed E-state index contributed by atoms with van der Waals surface area (Å²) in [6, 6.07) is 0. The van der Waals surface area contributed by atoms with Crippen molar-refractivity contribution in [2.45, 2.75) is 138 Å². The van der Waals surface area contributed by atoms with Gasteiger partial charge in [0, 0.05) is 45.8 Å². The number of alkyl carbamates (subject to hydrolysis) is 1. The first-order valence-electron chi connectivity index (χ1n) is 16.4. The monoisotopic (exact) mass is 674 g/mol. The normalized spacial score (nSPS) is 12.1. The number of aliphatic carboxylic acids is 1. The number of carbonyl (C=O) groups excluding carboxylic acids is 4. The lowest BCUT2D eigenvalue weighted by molar-refractivity contribution is -0.137. The van der Waals surface area contributed by atoms with Crippen molar-refractivity contribution < 1.29 is 48.0 Å². The largest absolute Gasteiger partial charge is 0.481 e. The highest BCUT2D eigenvalue weighted by Gasteiger charge is 2.26. The van der Waals surface area contributed by atoms with Crippen LogP contribution in [0.4, 0.5) is 19.2 Å². The third kappa shape index (κ3) is 24.4. The van der Waals surface area contributed by atoms with E-state index >= 15 is 0 Å². The van der Waals surface area contributed by atoms with E-state index in [9.17, 15) is 24.0 Å². The lowest BCUT2D eigenvalue weighted by atomic mass is 10.2. The fraction of sp³-hybridized carbons (Fsp3) is 0.848. The molecule has 0 radical (unpaired) electrons. The summed E-state index contributed by atoms with van der Waals surface area (Å²) < 4.78 is 21.9. The predicted molar refractivity (Wildman–Crippen MR) is 178 cm³/mol. The number of nitrogens with one attached hydrogen (secondary N) is 1. The maximum atomic E-state index is 13.1. The fourth-order valence-corrected chi connectivity index (χ4v) is 3.93. The average Bonchev–Trinajstić information content (AvgIpc) is 2.83. The van der Waals surface area contributed by atoms with Crippen LogP contribution in [0.2, 0.25) is 0 Å². The molecular formula is C33H62N4O10. The van der Waals surface area contributed by atoms with Crippen molar-refractivity contribution in [3.05, 3.63) is 0 Å².